The smallest absolute Gasteiger partial charge is 0.310 e. The van der Waals surface area contributed by atoms with Crippen LogP contribution in [0.15, 0.2) is 36.4 Å². The fourth-order valence-corrected chi connectivity index (χ4v) is 3.09. The summed E-state index contributed by atoms with van der Waals surface area (Å²) in [4.78, 5) is 26.4. The van der Waals surface area contributed by atoms with Gasteiger partial charge in [0.2, 0.25) is 0 Å². The van der Waals surface area contributed by atoms with Crippen molar-refractivity contribution >= 4 is 11.9 Å². The molecule has 1 atom stereocenters. The van der Waals surface area contributed by atoms with Crippen molar-refractivity contribution in [2.45, 2.75) is 27.7 Å². The van der Waals surface area contributed by atoms with Gasteiger partial charge in [0, 0.05) is 30.2 Å². The van der Waals surface area contributed by atoms with E-state index in [9.17, 15) is 9.59 Å². The Labute approximate surface area is 149 Å². The first-order chi connectivity index (χ1) is 11.9. The van der Waals surface area contributed by atoms with Crippen LogP contribution in [0.2, 0.25) is 0 Å². The Kier molecular flexibility index (Phi) is 6.02. The van der Waals surface area contributed by atoms with E-state index in [1.54, 1.807) is 11.8 Å². The Hall–Kier alpha value is -2.56. The van der Waals surface area contributed by atoms with Gasteiger partial charge in [0.15, 0.2) is 0 Å². The lowest BCUT2D eigenvalue weighted by atomic mass is 10.1. The normalized spacial score (nSPS) is 11.9. The highest BCUT2D eigenvalue weighted by Crippen LogP contribution is 2.22. The molecule has 0 fully saturated rings. The monoisotopic (exact) mass is 342 g/mol. The van der Waals surface area contributed by atoms with E-state index in [2.05, 4.69) is 4.57 Å². The largest absolute Gasteiger partial charge is 0.469 e. The van der Waals surface area contributed by atoms with Crippen molar-refractivity contribution in [3.05, 3.63) is 53.3 Å². The highest BCUT2D eigenvalue weighted by Gasteiger charge is 2.24. The van der Waals surface area contributed by atoms with Crippen LogP contribution in [0.5, 0.6) is 0 Å². The van der Waals surface area contributed by atoms with Crippen LogP contribution in [0, 0.1) is 19.8 Å². The Bertz CT molecular complexity index is 750. The molecule has 134 valence electrons. The Morgan fingerprint density at radius 2 is 1.84 bits per heavy atom. The highest BCUT2D eigenvalue weighted by atomic mass is 16.5. The summed E-state index contributed by atoms with van der Waals surface area (Å²) < 4.78 is 6.84. The lowest BCUT2D eigenvalue weighted by molar-refractivity contribution is -0.145. The first-order valence-corrected chi connectivity index (χ1v) is 8.52. The van der Waals surface area contributed by atoms with Gasteiger partial charge >= 0.3 is 5.97 Å². The summed E-state index contributed by atoms with van der Waals surface area (Å²) in [7, 11) is 1.37. The Morgan fingerprint density at radius 1 is 1.20 bits per heavy atom. The lowest BCUT2D eigenvalue weighted by Crippen LogP contribution is -2.37. The number of ether oxygens (including phenoxy) is 1. The third-order valence-corrected chi connectivity index (χ3v) is 4.44. The third kappa shape index (κ3) is 3.92. The fraction of sp³-hybridized carbons (Fsp3) is 0.400. The van der Waals surface area contributed by atoms with Crippen molar-refractivity contribution < 1.29 is 14.3 Å². The van der Waals surface area contributed by atoms with Crippen molar-refractivity contribution in [1.82, 2.24) is 9.47 Å². The van der Waals surface area contributed by atoms with Crippen LogP contribution >= 0.6 is 0 Å². The number of benzene rings is 1. The van der Waals surface area contributed by atoms with Crippen LogP contribution in [0.4, 0.5) is 0 Å². The molecular formula is C20H26N2O3. The number of esters is 1. The average Bonchev–Trinajstić information content (AvgIpc) is 2.93. The molecule has 25 heavy (non-hydrogen) atoms. The van der Waals surface area contributed by atoms with E-state index in [0.717, 1.165) is 17.1 Å². The maximum absolute atomic E-state index is 13.0. The molecule has 5 heteroatoms. The van der Waals surface area contributed by atoms with E-state index in [4.69, 9.17) is 4.74 Å². The minimum atomic E-state index is -0.355. The zero-order valence-electron chi connectivity index (χ0n) is 15.6. The summed E-state index contributed by atoms with van der Waals surface area (Å²) in [6.07, 6.45) is 0. The molecule has 0 spiro atoms. The van der Waals surface area contributed by atoms with Gasteiger partial charge in [-0.25, -0.2) is 0 Å². The Balaban J connectivity index is 2.31. The number of para-hydroxylation sites is 1. The van der Waals surface area contributed by atoms with Gasteiger partial charge in [-0.05, 0) is 39.0 Å². The molecule has 0 saturated carbocycles. The molecule has 1 unspecified atom stereocenters. The van der Waals surface area contributed by atoms with Crippen molar-refractivity contribution in [3.8, 4) is 5.69 Å². The Morgan fingerprint density at radius 3 is 2.40 bits per heavy atom. The summed E-state index contributed by atoms with van der Waals surface area (Å²) in [6.45, 7) is 8.51. The van der Waals surface area contributed by atoms with Gasteiger partial charge < -0.3 is 14.2 Å². The zero-order chi connectivity index (χ0) is 18.6. The standard InChI is InChI=1S/C20H26N2O3/c1-6-21(13-14(2)20(24)25-5)19(23)18-12-15(3)22(16(18)4)17-10-8-7-9-11-17/h7-12,14H,6,13H2,1-5H3. The summed E-state index contributed by atoms with van der Waals surface area (Å²) in [5, 5.41) is 0. The molecule has 1 amide bonds. The molecule has 2 aromatic rings. The van der Waals surface area contributed by atoms with Gasteiger partial charge in [-0.3, -0.25) is 9.59 Å². The number of aromatic nitrogens is 1. The number of rotatable bonds is 6. The second kappa shape index (κ2) is 8.01. The predicted octanol–water partition coefficient (Wildman–Crippen LogP) is 3.37. The number of hydrogen-bond donors (Lipinski definition) is 0. The summed E-state index contributed by atoms with van der Waals surface area (Å²) in [5.74, 6) is -0.721. The van der Waals surface area contributed by atoms with Crippen LogP contribution in [0.3, 0.4) is 0 Å². The molecule has 1 heterocycles. The van der Waals surface area contributed by atoms with E-state index in [-0.39, 0.29) is 17.8 Å². The van der Waals surface area contributed by atoms with E-state index in [1.807, 2.05) is 57.2 Å². The van der Waals surface area contributed by atoms with Crippen molar-refractivity contribution in [2.75, 3.05) is 20.2 Å². The van der Waals surface area contributed by atoms with E-state index < -0.39 is 0 Å². The van der Waals surface area contributed by atoms with Crippen molar-refractivity contribution in [2.24, 2.45) is 5.92 Å². The quantitative estimate of drug-likeness (QED) is 0.756. The first-order valence-electron chi connectivity index (χ1n) is 8.52. The molecule has 0 radical (unpaired) electrons. The molecule has 0 bridgehead atoms. The van der Waals surface area contributed by atoms with E-state index >= 15 is 0 Å². The molecule has 0 aliphatic carbocycles. The molecule has 0 aliphatic rings. The molecule has 0 aliphatic heterocycles. The predicted molar refractivity (Wildman–Crippen MR) is 98.0 cm³/mol. The second-order valence-electron chi connectivity index (χ2n) is 6.22. The second-order valence-corrected chi connectivity index (χ2v) is 6.22. The van der Waals surface area contributed by atoms with Crippen LogP contribution in [-0.4, -0.2) is 41.5 Å². The third-order valence-electron chi connectivity index (χ3n) is 4.44. The number of hydrogen-bond acceptors (Lipinski definition) is 3. The zero-order valence-corrected chi connectivity index (χ0v) is 15.6. The average molecular weight is 342 g/mol. The van der Waals surface area contributed by atoms with Gasteiger partial charge in [0.05, 0.1) is 18.6 Å². The van der Waals surface area contributed by atoms with E-state index in [0.29, 0.717) is 18.7 Å². The van der Waals surface area contributed by atoms with Gasteiger partial charge in [0.25, 0.3) is 5.91 Å². The summed E-state index contributed by atoms with van der Waals surface area (Å²) >= 11 is 0. The summed E-state index contributed by atoms with van der Waals surface area (Å²) in [6, 6.07) is 11.9. The molecule has 0 N–H and O–H groups in total. The van der Waals surface area contributed by atoms with Gasteiger partial charge in [-0.15, -0.1) is 0 Å². The van der Waals surface area contributed by atoms with E-state index in [1.165, 1.54) is 7.11 Å². The number of carbonyl (C=O) groups is 2. The SMILES string of the molecule is CCN(CC(C)C(=O)OC)C(=O)c1cc(C)n(-c2ccccc2)c1C. The molecule has 2 rings (SSSR count). The van der Waals surface area contributed by atoms with Crippen molar-refractivity contribution in [3.63, 3.8) is 0 Å². The van der Waals surface area contributed by atoms with Crippen LogP contribution in [0.1, 0.15) is 35.6 Å². The topological polar surface area (TPSA) is 51.5 Å². The molecule has 0 saturated heterocycles. The maximum Gasteiger partial charge on any atom is 0.310 e. The number of aryl methyl sites for hydroxylation is 1. The van der Waals surface area contributed by atoms with Crippen LogP contribution < -0.4 is 0 Å². The van der Waals surface area contributed by atoms with Gasteiger partial charge in [-0.2, -0.15) is 0 Å². The number of amides is 1. The lowest BCUT2D eigenvalue weighted by Gasteiger charge is -2.23. The molecular weight excluding hydrogens is 316 g/mol. The highest BCUT2D eigenvalue weighted by molar-refractivity contribution is 5.96. The van der Waals surface area contributed by atoms with Gasteiger partial charge in [-0.1, -0.05) is 25.1 Å². The van der Waals surface area contributed by atoms with Crippen LogP contribution in [-0.2, 0) is 9.53 Å². The summed E-state index contributed by atoms with van der Waals surface area (Å²) in [5.41, 5.74) is 3.60. The fourth-order valence-electron chi connectivity index (χ4n) is 3.09. The number of carbonyl (C=O) groups excluding carboxylic acids is 2. The number of methoxy groups -OCH3 is 1. The van der Waals surface area contributed by atoms with Crippen LogP contribution in [0.25, 0.3) is 5.69 Å². The minimum Gasteiger partial charge on any atom is -0.469 e. The molecule has 5 nitrogen and oxygen atoms in total. The van der Waals surface area contributed by atoms with Crippen molar-refractivity contribution in [1.29, 1.82) is 0 Å². The minimum absolute atomic E-state index is 0.0615. The molecule has 1 aromatic carbocycles. The maximum atomic E-state index is 13.0. The molecule has 1 aromatic heterocycles. The van der Waals surface area contributed by atoms with Gasteiger partial charge in [0.1, 0.15) is 0 Å². The first kappa shape index (κ1) is 18.8. The number of nitrogens with zero attached hydrogens (tertiary/aromatic N) is 2.